The molecule has 1 aromatic carbocycles. The van der Waals surface area contributed by atoms with Crippen molar-refractivity contribution in [3.63, 3.8) is 0 Å². The number of fused-ring (bicyclic) bond motifs is 1. The molecule has 3 heteroatoms. The average Bonchev–Trinajstić information content (AvgIpc) is 2.61. The second-order valence-corrected chi connectivity index (χ2v) is 5.39. The summed E-state index contributed by atoms with van der Waals surface area (Å²) < 4.78 is 12.2. The molecule has 0 saturated carbocycles. The van der Waals surface area contributed by atoms with Gasteiger partial charge in [0, 0.05) is 5.92 Å². The summed E-state index contributed by atoms with van der Waals surface area (Å²) in [6.45, 7) is 5.57. The highest BCUT2D eigenvalue weighted by atomic mass is 16.7. The molecule has 1 saturated heterocycles. The molecule has 0 aliphatic carbocycles. The molecular weight excluding hydrogens is 226 g/mol. The van der Waals surface area contributed by atoms with Crippen molar-refractivity contribution in [1.82, 2.24) is 5.32 Å². The van der Waals surface area contributed by atoms with Gasteiger partial charge in [0.15, 0.2) is 5.79 Å². The van der Waals surface area contributed by atoms with E-state index in [0.29, 0.717) is 19.1 Å². The van der Waals surface area contributed by atoms with Gasteiger partial charge in [0.05, 0.1) is 13.2 Å². The topological polar surface area (TPSA) is 30.5 Å². The van der Waals surface area contributed by atoms with E-state index in [1.165, 1.54) is 11.1 Å². The summed E-state index contributed by atoms with van der Waals surface area (Å²) in [5.41, 5.74) is 2.52. The molecule has 0 unspecified atom stereocenters. The molecule has 0 aromatic heterocycles. The van der Waals surface area contributed by atoms with Gasteiger partial charge in [-0.15, -0.1) is 0 Å². The Kier molecular flexibility index (Phi) is 3.37. The fourth-order valence-corrected chi connectivity index (χ4v) is 2.90. The van der Waals surface area contributed by atoms with Crippen molar-refractivity contribution in [3.05, 3.63) is 35.4 Å². The van der Waals surface area contributed by atoms with E-state index in [4.69, 9.17) is 9.47 Å². The molecule has 1 aromatic rings. The van der Waals surface area contributed by atoms with E-state index in [1.54, 1.807) is 0 Å². The highest BCUT2D eigenvalue weighted by Gasteiger charge is 2.38. The highest BCUT2D eigenvalue weighted by Crippen LogP contribution is 2.34. The minimum absolute atomic E-state index is 0.429. The summed E-state index contributed by atoms with van der Waals surface area (Å²) in [5, 5.41) is 3.39. The van der Waals surface area contributed by atoms with Crippen LogP contribution in [0.15, 0.2) is 24.3 Å². The number of ether oxygens (including phenoxy) is 2. The molecule has 2 aliphatic rings. The Morgan fingerprint density at radius 3 is 2.17 bits per heavy atom. The normalized spacial score (nSPS) is 24.3. The van der Waals surface area contributed by atoms with Crippen LogP contribution in [0, 0.1) is 5.92 Å². The molecule has 3 rings (SSSR count). The van der Waals surface area contributed by atoms with Gasteiger partial charge in [0.1, 0.15) is 0 Å². The lowest BCUT2D eigenvalue weighted by Gasteiger charge is -2.38. The van der Waals surface area contributed by atoms with Crippen molar-refractivity contribution in [1.29, 1.82) is 0 Å². The number of hydrogen-bond donors (Lipinski definition) is 1. The number of benzene rings is 1. The second kappa shape index (κ2) is 5.00. The molecule has 0 bridgehead atoms. The van der Waals surface area contributed by atoms with E-state index in [0.717, 1.165) is 25.9 Å². The van der Waals surface area contributed by atoms with Crippen LogP contribution >= 0.6 is 0 Å². The summed E-state index contributed by atoms with van der Waals surface area (Å²) in [6, 6.07) is 8.39. The maximum Gasteiger partial charge on any atom is 0.169 e. The Morgan fingerprint density at radius 2 is 1.61 bits per heavy atom. The third kappa shape index (κ3) is 2.30. The molecule has 3 nitrogen and oxygen atoms in total. The first-order valence-corrected chi connectivity index (χ1v) is 6.83. The van der Waals surface area contributed by atoms with Crippen LogP contribution < -0.4 is 5.32 Å². The molecular formula is C15H21NO2. The van der Waals surface area contributed by atoms with Crippen LogP contribution in [0.25, 0.3) is 0 Å². The Labute approximate surface area is 108 Å². The zero-order valence-corrected chi connectivity index (χ0v) is 10.9. The van der Waals surface area contributed by atoms with Gasteiger partial charge in [0.2, 0.25) is 0 Å². The Bertz CT molecular complexity index is 386. The van der Waals surface area contributed by atoms with Gasteiger partial charge in [-0.25, -0.2) is 0 Å². The third-order valence-corrected chi connectivity index (χ3v) is 4.23. The van der Waals surface area contributed by atoms with Crippen LogP contribution in [0.5, 0.6) is 0 Å². The maximum absolute atomic E-state index is 6.11. The predicted octanol–water partition coefficient (Wildman–Crippen LogP) is 2.45. The van der Waals surface area contributed by atoms with Crippen molar-refractivity contribution in [2.24, 2.45) is 5.92 Å². The predicted molar refractivity (Wildman–Crippen MR) is 70.0 cm³/mol. The summed E-state index contributed by atoms with van der Waals surface area (Å²) in [4.78, 5) is 0. The van der Waals surface area contributed by atoms with Crippen LogP contribution in [-0.2, 0) is 22.7 Å². The molecule has 0 atom stereocenters. The summed E-state index contributed by atoms with van der Waals surface area (Å²) in [6.07, 6.45) is 2.26. The molecule has 0 radical (unpaired) electrons. The zero-order valence-electron chi connectivity index (χ0n) is 10.9. The first kappa shape index (κ1) is 12.2. The maximum atomic E-state index is 6.11. The van der Waals surface area contributed by atoms with E-state index in [2.05, 4.69) is 36.5 Å². The van der Waals surface area contributed by atoms with Gasteiger partial charge in [-0.2, -0.15) is 0 Å². The lowest BCUT2D eigenvalue weighted by molar-refractivity contribution is -0.265. The van der Waals surface area contributed by atoms with E-state index in [9.17, 15) is 0 Å². The lowest BCUT2D eigenvalue weighted by atomic mass is 9.90. The summed E-state index contributed by atoms with van der Waals surface area (Å²) in [5.74, 6) is 0.0641. The minimum atomic E-state index is -0.429. The molecule has 2 aliphatic heterocycles. The summed E-state index contributed by atoms with van der Waals surface area (Å²) >= 11 is 0. The van der Waals surface area contributed by atoms with Crippen LogP contribution in [0.4, 0.5) is 0 Å². The molecule has 1 fully saturated rings. The van der Waals surface area contributed by atoms with E-state index in [-0.39, 0.29) is 0 Å². The number of hydrogen-bond acceptors (Lipinski definition) is 3. The summed E-state index contributed by atoms with van der Waals surface area (Å²) in [7, 11) is 0. The quantitative estimate of drug-likeness (QED) is 0.827. The van der Waals surface area contributed by atoms with E-state index in [1.807, 2.05) is 0 Å². The van der Waals surface area contributed by atoms with Crippen molar-refractivity contribution < 1.29 is 9.47 Å². The van der Waals surface area contributed by atoms with Crippen molar-refractivity contribution >= 4 is 0 Å². The van der Waals surface area contributed by atoms with Crippen LogP contribution in [0.2, 0.25) is 0 Å². The smallest absolute Gasteiger partial charge is 0.169 e. The fourth-order valence-electron chi connectivity index (χ4n) is 2.90. The molecule has 0 spiro atoms. The molecule has 98 valence electrons. The van der Waals surface area contributed by atoms with Crippen LogP contribution in [-0.4, -0.2) is 18.9 Å². The zero-order chi connectivity index (χ0) is 12.4. The number of rotatable bonds is 1. The fraction of sp³-hybridized carbons (Fsp3) is 0.600. The Balaban J connectivity index is 1.76. The lowest BCUT2D eigenvalue weighted by Crippen LogP contribution is -2.44. The van der Waals surface area contributed by atoms with Crippen molar-refractivity contribution in [2.75, 3.05) is 13.1 Å². The second-order valence-electron chi connectivity index (χ2n) is 5.39. The van der Waals surface area contributed by atoms with E-state index < -0.39 is 5.79 Å². The minimum Gasteiger partial charge on any atom is -0.345 e. The molecule has 2 heterocycles. The van der Waals surface area contributed by atoms with Gasteiger partial charge < -0.3 is 14.8 Å². The monoisotopic (exact) mass is 247 g/mol. The molecule has 0 amide bonds. The number of piperidine rings is 1. The first-order chi connectivity index (χ1) is 8.78. The average molecular weight is 247 g/mol. The van der Waals surface area contributed by atoms with Gasteiger partial charge >= 0.3 is 0 Å². The largest absolute Gasteiger partial charge is 0.345 e. The van der Waals surface area contributed by atoms with Crippen LogP contribution in [0.1, 0.15) is 30.9 Å². The van der Waals surface area contributed by atoms with Crippen LogP contribution in [0.3, 0.4) is 0 Å². The standard InChI is InChI=1S/C15H21NO2/c1-15(14-6-8-16-9-7-14)17-10-12-4-2-3-5-13(12)11-18-15/h2-5,14,16H,6-11H2,1H3. The Morgan fingerprint density at radius 1 is 1.06 bits per heavy atom. The van der Waals surface area contributed by atoms with Gasteiger partial charge in [-0.1, -0.05) is 24.3 Å². The molecule has 1 N–H and O–H groups in total. The van der Waals surface area contributed by atoms with E-state index >= 15 is 0 Å². The number of nitrogens with one attached hydrogen (secondary N) is 1. The SMILES string of the molecule is CC1(C2CCNCC2)OCc2ccccc2CO1. The first-order valence-electron chi connectivity index (χ1n) is 6.83. The van der Waals surface area contributed by atoms with Gasteiger partial charge in [-0.05, 0) is 44.0 Å². The third-order valence-electron chi connectivity index (χ3n) is 4.23. The molecule has 18 heavy (non-hydrogen) atoms. The highest BCUT2D eigenvalue weighted by molar-refractivity contribution is 5.26. The van der Waals surface area contributed by atoms with Crippen molar-refractivity contribution in [3.8, 4) is 0 Å². The van der Waals surface area contributed by atoms with Crippen molar-refractivity contribution in [2.45, 2.75) is 38.8 Å². The van der Waals surface area contributed by atoms with Gasteiger partial charge in [-0.3, -0.25) is 0 Å². The Hall–Kier alpha value is -0.900. The van der Waals surface area contributed by atoms with Gasteiger partial charge in [0.25, 0.3) is 0 Å².